The molecule has 0 aliphatic heterocycles. The lowest BCUT2D eigenvalue weighted by atomic mass is 10.0. The molecular formula is C23H31N5O2S. The van der Waals surface area contributed by atoms with Gasteiger partial charge in [0, 0.05) is 23.4 Å². The molecule has 0 spiro atoms. The molecule has 2 amide bonds. The van der Waals surface area contributed by atoms with Gasteiger partial charge < -0.3 is 15.6 Å². The number of carbonyl (C=O) groups excluding carboxylic acids is 2. The van der Waals surface area contributed by atoms with Crippen LogP contribution < -0.4 is 11.1 Å². The largest absolute Gasteiger partial charge is 0.368 e. The second-order valence-corrected chi connectivity index (χ2v) is 9.01. The van der Waals surface area contributed by atoms with E-state index < -0.39 is 11.9 Å². The Morgan fingerprint density at radius 2 is 1.97 bits per heavy atom. The Balaban J connectivity index is 1.96. The lowest BCUT2D eigenvalue weighted by Gasteiger charge is -2.19. The number of nitrogens with two attached hydrogens (primary N) is 1. The number of benzene rings is 1. The molecular weight excluding hydrogens is 410 g/mol. The van der Waals surface area contributed by atoms with Gasteiger partial charge in [0.05, 0.1) is 22.2 Å². The van der Waals surface area contributed by atoms with Crippen LogP contribution in [0, 0.1) is 5.92 Å². The summed E-state index contributed by atoms with van der Waals surface area (Å²) >= 11 is 1.57. The molecule has 0 saturated heterocycles. The van der Waals surface area contributed by atoms with E-state index in [1.165, 1.54) is 0 Å². The van der Waals surface area contributed by atoms with Gasteiger partial charge in [0.1, 0.15) is 11.9 Å². The molecule has 0 radical (unpaired) electrons. The van der Waals surface area contributed by atoms with Gasteiger partial charge in [-0.05, 0) is 43.4 Å². The molecule has 0 unspecified atom stereocenters. The second-order valence-electron chi connectivity index (χ2n) is 8.29. The number of imidazole rings is 1. The number of primary amides is 1. The van der Waals surface area contributed by atoms with Gasteiger partial charge in [0.15, 0.2) is 0 Å². The lowest BCUT2D eigenvalue weighted by molar-refractivity contribution is -0.120. The van der Waals surface area contributed by atoms with Crippen LogP contribution in [-0.2, 0) is 11.2 Å². The molecule has 0 fully saturated rings. The van der Waals surface area contributed by atoms with Gasteiger partial charge >= 0.3 is 0 Å². The molecule has 0 saturated carbocycles. The molecule has 31 heavy (non-hydrogen) atoms. The predicted molar refractivity (Wildman–Crippen MR) is 124 cm³/mol. The summed E-state index contributed by atoms with van der Waals surface area (Å²) in [7, 11) is 0. The number of hydrogen-bond acceptors (Lipinski definition) is 5. The fourth-order valence-corrected chi connectivity index (χ4v) is 4.48. The van der Waals surface area contributed by atoms with Crippen molar-refractivity contribution >= 4 is 34.2 Å². The molecule has 3 aromatic rings. The predicted octanol–water partition coefficient (Wildman–Crippen LogP) is 4.07. The van der Waals surface area contributed by atoms with Crippen LogP contribution in [0.1, 0.15) is 74.9 Å². The van der Waals surface area contributed by atoms with Crippen molar-refractivity contribution < 1.29 is 9.59 Å². The molecule has 3 rings (SSSR count). The molecule has 0 aliphatic carbocycles. The van der Waals surface area contributed by atoms with E-state index in [1.807, 2.05) is 30.8 Å². The smallest absolute Gasteiger partial charge is 0.252 e. The van der Waals surface area contributed by atoms with Crippen molar-refractivity contribution in [2.75, 3.05) is 0 Å². The second kappa shape index (κ2) is 10.0. The van der Waals surface area contributed by atoms with Crippen LogP contribution in [0.3, 0.4) is 0 Å². The Morgan fingerprint density at radius 3 is 2.55 bits per heavy atom. The average Bonchev–Trinajstić information content (AvgIpc) is 3.36. The van der Waals surface area contributed by atoms with Gasteiger partial charge in [-0.15, -0.1) is 11.3 Å². The van der Waals surface area contributed by atoms with E-state index in [1.54, 1.807) is 23.5 Å². The highest BCUT2D eigenvalue weighted by Crippen LogP contribution is 2.27. The van der Waals surface area contributed by atoms with Crippen LogP contribution >= 0.6 is 11.3 Å². The number of hydrogen-bond donors (Lipinski definition) is 2. The van der Waals surface area contributed by atoms with E-state index in [0.29, 0.717) is 24.4 Å². The Hall–Kier alpha value is -2.74. The Kier molecular flexibility index (Phi) is 7.43. The molecule has 1 atom stereocenters. The van der Waals surface area contributed by atoms with Crippen LogP contribution in [0.25, 0.3) is 11.0 Å². The Bertz CT molecular complexity index is 1040. The van der Waals surface area contributed by atoms with E-state index in [9.17, 15) is 9.59 Å². The van der Waals surface area contributed by atoms with E-state index >= 15 is 0 Å². The van der Waals surface area contributed by atoms with E-state index in [-0.39, 0.29) is 11.8 Å². The zero-order chi connectivity index (χ0) is 22.5. The number of nitrogens with one attached hydrogen (secondary N) is 1. The normalized spacial score (nSPS) is 12.6. The maximum absolute atomic E-state index is 12.8. The van der Waals surface area contributed by atoms with Gasteiger partial charge in [-0.2, -0.15) is 0 Å². The van der Waals surface area contributed by atoms with Gasteiger partial charge in [0.25, 0.3) is 5.91 Å². The molecule has 0 bridgehead atoms. The van der Waals surface area contributed by atoms with E-state index in [0.717, 1.165) is 35.4 Å². The highest BCUT2D eigenvalue weighted by atomic mass is 32.1. The first-order valence-electron chi connectivity index (χ1n) is 10.8. The quantitative estimate of drug-likeness (QED) is 0.495. The van der Waals surface area contributed by atoms with Crippen molar-refractivity contribution in [3.05, 3.63) is 46.2 Å². The zero-order valence-electron chi connectivity index (χ0n) is 18.6. The van der Waals surface area contributed by atoms with Crippen molar-refractivity contribution in [1.82, 2.24) is 19.9 Å². The van der Waals surface area contributed by atoms with E-state index in [2.05, 4.69) is 28.7 Å². The first-order valence-corrected chi connectivity index (χ1v) is 11.8. The van der Waals surface area contributed by atoms with Crippen LogP contribution in [-0.4, -0.2) is 32.4 Å². The summed E-state index contributed by atoms with van der Waals surface area (Å²) in [6.07, 6.45) is 3.13. The summed E-state index contributed by atoms with van der Waals surface area (Å²) < 4.78 is 2.28. The fourth-order valence-electron chi connectivity index (χ4n) is 3.92. The Labute approximate surface area is 187 Å². The number of fused-ring (bicyclic) bond motifs is 1. The van der Waals surface area contributed by atoms with Gasteiger partial charge in [-0.3, -0.25) is 9.59 Å². The minimum atomic E-state index is -0.689. The van der Waals surface area contributed by atoms with Crippen molar-refractivity contribution in [3.8, 4) is 0 Å². The summed E-state index contributed by atoms with van der Waals surface area (Å²) in [5.74, 6) is 0.349. The minimum Gasteiger partial charge on any atom is -0.368 e. The van der Waals surface area contributed by atoms with Gasteiger partial charge in [-0.25, -0.2) is 9.97 Å². The number of aromatic nitrogens is 3. The van der Waals surface area contributed by atoms with Crippen LogP contribution in [0.5, 0.6) is 0 Å². The van der Waals surface area contributed by atoms with Gasteiger partial charge in [-0.1, -0.05) is 27.7 Å². The van der Waals surface area contributed by atoms with E-state index in [4.69, 9.17) is 10.7 Å². The third-order valence-electron chi connectivity index (χ3n) is 5.51. The van der Waals surface area contributed by atoms with Crippen molar-refractivity contribution in [2.24, 2.45) is 11.7 Å². The first kappa shape index (κ1) is 22.9. The van der Waals surface area contributed by atoms with Gasteiger partial charge in [0.2, 0.25) is 5.91 Å². The summed E-state index contributed by atoms with van der Waals surface area (Å²) in [6.45, 7) is 8.32. The number of amides is 2. The maximum Gasteiger partial charge on any atom is 0.252 e. The van der Waals surface area contributed by atoms with Crippen LogP contribution in [0.2, 0.25) is 0 Å². The van der Waals surface area contributed by atoms with Crippen molar-refractivity contribution in [3.63, 3.8) is 0 Å². The summed E-state index contributed by atoms with van der Waals surface area (Å²) in [6, 6.07) is 5.16. The summed E-state index contributed by atoms with van der Waals surface area (Å²) in [5, 5.41) is 4.81. The molecule has 2 aromatic heterocycles. The molecule has 3 N–H and O–H groups in total. The monoisotopic (exact) mass is 441 g/mol. The molecule has 2 heterocycles. The van der Waals surface area contributed by atoms with Crippen LogP contribution in [0.15, 0.2) is 29.1 Å². The number of rotatable bonds is 10. The molecule has 7 nitrogen and oxygen atoms in total. The third kappa shape index (κ3) is 5.31. The molecule has 1 aromatic carbocycles. The zero-order valence-corrected chi connectivity index (χ0v) is 19.4. The number of carbonyl (C=O) groups is 2. The molecule has 0 aliphatic rings. The number of nitrogens with zero attached hydrogens (tertiary/aromatic N) is 3. The van der Waals surface area contributed by atoms with Crippen molar-refractivity contribution in [1.29, 1.82) is 0 Å². The highest BCUT2D eigenvalue weighted by Gasteiger charge is 2.22. The van der Waals surface area contributed by atoms with Crippen LogP contribution in [0.4, 0.5) is 0 Å². The van der Waals surface area contributed by atoms with Crippen molar-refractivity contribution in [2.45, 2.75) is 65.5 Å². The Morgan fingerprint density at radius 1 is 1.23 bits per heavy atom. The third-order valence-corrected chi connectivity index (χ3v) is 6.15. The topological polar surface area (TPSA) is 103 Å². The standard InChI is InChI=1S/C23H31N5O2S/c1-5-17(6-2)28-20-8-7-15(23(30)27-19(22(24)29)9-14(3)4)10-18(20)26-21(28)11-16-12-31-13-25-16/h7-8,10,12-14,17,19H,5-6,9,11H2,1-4H3,(H2,24,29)(H,27,30)/t19-/m0/s1. The maximum atomic E-state index is 12.8. The number of thiazole rings is 1. The highest BCUT2D eigenvalue weighted by molar-refractivity contribution is 7.07. The SMILES string of the molecule is CCC(CC)n1c(Cc2cscn2)nc2cc(C(=O)N[C@@H](CC(C)C)C(N)=O)ccc21. The fraction of sp³-hybridized carbons (Fsp3) is 0.478. The molecule has 166 valence electrons. The lowest BCUT2D eigenvalue weighted by Crippen LogP contribution is -2.45. The molecule has 8 heteroatoms. The summed E-state index contributed by atoms with van der Waals surface area (Å²) in [5.41, 5.74) is 10.5. The minimum absolute atomic E-state index is 0.240. The summed E-state index contributed by atoms with van der Waals surface area (Å²) in [4.78, 5) is 33.8. The average molecular weight is 442 g/mol. The first-order chi connectivity index (χ1) is 14.8.